The van der Waals surface area contributed by atoms with Crippen LogP contribution < -0.4 is 0 Å². The minimum atomic E-state index is -0.566. The fourth-order valence-electron chi connectivity index (χ4n) is 5.48. The molecule has 0 fully saturated rings. The second kappa shape index (κ2) is 12.0. The van der Waals surface area contributed by atoms with Crippen LogP contribution in [0.25, 0.3) is 33.6 Å². The molecule has 2 aliphatic rings. The first-order chi connectivity index (χ1) is 21.8. The minimum absolute atomic E-state index is 0.300. The molecule has 4 aromatic rings. The summed E-state index contributed by atoms with van der Waals surface area (Å²) in [5, 5.41) is 0. The largest absolute Gasteiger partial charge is 0.444 e. The highest BCUT2D eigenvalue weighted by molar-refractivity contribution is 5.73. The van der Waals surface area contributed by atoms with Gasteiger partial charge in [0.2, 0.25) is 0 Å². The Morgan fingerprint density at radius 3 is 1.33 bits per heavy atom. The molecular weight excluding hydrogens is 580 g/mol. The number of imidazole rings is 2. The number of nitrogens with zero attached hydrogens (tertiary/aromatic N) is 4. The number of benzene rings is 2. The van der Waals surface area contributed by atoms with Crippen molar-refractivity contribution in [1.29, 1.82) is 0 Å². The second-order valence-corrected chi connectivity index (χ2v) is 13.5. The fourth-order valence-corrected chi connectivity index (χ4v) is 5.48. The minimum Gasteiger partial charge on any atom is -0.444 e. The lowest BCUT2D eigenvalue weighted by Crippen LogP contribution is -2.37. The summed E-state index contributed by atoms with van der Waals surface area (Å²) in [5.41, 5.74) is 4.57. The molecule has 0 bridgehead atoms. The van der Waals surface area contributed by atoms with Gasteiger partial charge in [0.15, 0.2) is 0 Å². The lowest BCUT2D eigenvalue weighted by molar-refractivity contribution is 0.0225. The van der Waals surface area contributed by atoms with Crippen molar-refractivity contribution >= 4 is 12.2 Å². The van der Waals surface area contributed by atoms with Crippen molar-refractivity contribution in [2.45, 2.75) is 64.8 Å². The van der Waals surface area contributed by atoms with Gasteiger partial charge in [-0.05, 0) is 52.7 Å². The van der Waals surface area contributed by atoms with Crippen molar-refractivity contribution in [1.82, 2.24) is 29.7 Å². The summed E-state index contributed by atoms with van der Waals surface area (Å²) in [6.07, 6.45) is 10.8. The third kappa shape index (κ3) is 6.75. The maximum Gasteiger partial charge on any atom is 0.411 e. The molecule has 46 heavy (non-hydrogen) atoms. The normalized spacial score (nSPS) is 18.0. The van der Waals surface area contributed by atoms with E-state index in [9.17, 15) is 9.59 Å². The first-order valence-electron chi connectivity index (χ1n) is 15.5. The van der Waals surface area contributed by atoms with Gasteiger partial charge in [0.05, 0.1) is 11.4 Å². The molecule has 1 unspecified atom stereocenters. The Balaban J connectivity index is 1.11. The third-order valence-electron chi connectivity index (χ3n) is 7.62. The quantitative estimate of drug-likeness (QED) is 0.220. The van der Waals surface area contributed by atoms with Crippen molar-refractivity contribution in [3.8, 4) is 33.6 Å². The number of hydrogen-bond acceptors (Lipinski definition) is 6. The van der Waals surface area contributed by atoms with Gasteiger partial charge in [0.1, 0.15) is 34.9 Å². The Morgan fingerprint density at radius 1 is 0.630 bits per heavy atom. The SMILES string of the molecule is CC(C)(C)OC(=O)N1CC=CC1c1nc(-c2ccc(-c3ccc(-c4c[nH]c([C@@H]5C=CCN5C(=O)OC(C)(C)C)n4)cc3)cc2)c[nH]1. The van der Waals surface area contributed by atoms with Gasteiger partial charge in [0.25, 0.3) is 0 Å². The monoisotopic (exact) mass is 620 g/mol. The Kier molecular flexibility index (Phi) is 8.06. The maximum atomic E-state index is 12.7. The average molecular weight is 621 g/mol. The van der Waals surface area contributed by atoms with Crippen LogP contribution in [0.15, 0.2) is 85.2 Å². The van der Waals surface area contributed by atoms with Crippen LogP contribution in [0, 0.1) is 0 Å². The van der Waals surface area contributed by atoms with Crippen LogP contribution in [0.5, 0.6) is 0 Å². The van der Waals surface area contributed by atoms with E-state index in [0.717, 1.165) is 33.6 Å². The van der Waals surface area contributed by atoms with Crippen molar-refractivity contribution in [2.75, 3.05) is 13.1 Å². The van der Waals surface area contributed by atoms with Crippen molar-refractivity contribution < 1.29 is 19.1 Å². The van der Waals surface area contributed by atoms with Crippen molar-refractivity contribution in [2.24, 2.45) is 0 Å². The fraction of sp³-hybridized carbons (Fsp3) is 0.333. The van der Waals surface area contributed by atoms with Crippen LogP contribution in [-0.2, 0) is 9.47 Å². The highest BCUT2D eigenvalue weighted by Crippen LogP contribution is 2.32. The van der Waals surface area contributed by atoms with E-state index in [1.54, 1.807) is 9.80 Å². The van der Waals surface area contributed by atoms with Crippen LogP contribution in [0.1, 0.15) is 65.3 Å². The molecule has 10 heteroatoms. The summed E-state index contributed by atoms with van der Waals surface area (Å²) >= 11 is 0. The number of nitrogens with one attached hydrogen (secondary N) is 2. The summed E-state index contributed by atoms with van der Waals surface area (Å²) in [7, 11) is 0. The standard InChI is InChI=1S/C36H40N6O4/c1-35(2,3)45-33(43)41-19-7-9-29(41)31-37-21-27(39-31)25-15-11-23(12-16-25)24-13-17-26(18-14-24)28-22-38-32(40-28)30-10-8-20-42(30)34(44)46-36(4,5)6/h7-18,21-22,29-30H,19-20H2,1-6H3,(H,37,39)(H,38,40)/t29-,30?/m0/s1. The first kappa shape index (κ1) is 30.9. The van der Waals surface area contributed by atoms with Gasteiger partial charge in [-0.3, -0.25) is 9.80 Å². The number of hydrogen-bond donors (Lipinski definition) is 2. The third-order valence-corrected chi connectivity index (χ3v) is 7.62. The van der Waals surface area contributed by atoms with E-state index >= 15 is 0 Å². The molecule has 2 aromatic carbocycles. The van der Waals surface area contributed by atoms with E-state index in [0.29, 0.717) is 24.7 Å². The predicted molar refractivity (Wildman–Crippen MR) is 177 cm³/mol. The topological polar surface area (TPSA) is 116 Å². The number of ether oxygens (including phenoxy) is 2. The summed E-state index contributed by atoms with van der Waals surface area (Å²) < 4.78 is 11.2. The smallest absolute Gasteiger partial charge is 0.411 e. The number of carbonyl (C=O) groups excluding carboxylic acids is 2. The lowest BCUT2D eigenvalue weighted by atomic mass is 10.0. The molecule has 2 amide bonds. The molecule has 2 aromatic heterocycles. The molecule has 2 atom stereocenters. The van der Waals surface area contributed by atoms with Gasteiger partial charge in [-0.15, -0.1) is 0 Å². The van der Waals surface area contributed by atoms with Gasteiger partial charge in [0, 0.05) is 36.6 Å². The molecule has 238 valence electrons. The van der Waals surface area contributed by atoms with E-state index in [4.69, 9.17) is 19.4 Å². The number of rotatable bonds is 5. The van der Waals surface area contributed by atoms with E-state index in [1.807, 2.05) is 103 Å². The first-order valence-corrected chi connectivity index (χ1v) is 15.5. The lowest BCUT2D eigenvalue weighted by Gasteiger charge is -2.27. The molecule has 4 heterocycles. The summed E-state index contributed by atoms with van der Waals surface area (Å²) in [6, 6.07) is 15.9. The Bertz CT molecular complexity index is 1640. The van der Waals surface area contributed by atoms with Gasteiger partial charge in [-0.25, -0.2) is 19.6 Å². The number of aromatic nitrogens is 4. The second-order valence-electron chi connectivity index (χ2n) is 13.5. The van der Waals surface area contributed by atoms with Gasteiger partial charge >= 0.3 is 12.2 Å². The van der Waals surface area contributed by atoms with Crippen LogP contribution in [0.4, 0.5) is 9.59 Å². The molecule has 2 N–H and O–H groups in total. The maximum absolute atomic E-state index is 12.7. The summed E-state index contributed by atoms with van der Waals surface area (Å²) in [6.45, 7) is 12.1. The molecule has 0 radical (unpaired) electrons. The average Bonchev–Trinajstić information content (AvgIpc) is 3.82. The van der Waals surface area contributed by atoms with Gasteiger partial charge in [-0.1, -0.05) is 72.8 Å². The highest BCUT2D eigenvalue weighted by atomic mass is 16.6. The van der Waals surface area contributed by atoms with E-state index in [-0.39, 0.29) is 24.3 Å². The molecule has 0 aliphatic carbocycles. The molecule has 6 rings (SSSR count). The number of carbonyl (C=O) groups is 2. The molecule has 2 aliphatic heterocycles. The van der Waals surface area contributed by atoms with E-state index in [1.165, 1.54) is 0 Å². The van der Waals surface area contributed by atoms with Gasteiger partial charge in [-0.2, -0.15) is 0 Å². The number of amides is 2. The molecule has 0 saturated carbocycles. The Hall–Kier alpha value is -5.12. The molecule has 0 saturated heterocycles. The number of H-pyrrole nitrogens is 2. The predicted octanol–water partition coefficient (Wildman–Crippen LogP) is 7.83. The van der Waals surface area contributed by atoms with Crippen molar-refractivity contribution in [3.63, 3.8) is 0 Å². The van der Waals surface area contributed by atoms with Crippen LogP contribution in [0.2, 0.25) is 0 Å². The Labute approximate surface area is 269 Å². The van der Waals surface area contributed by atoms with E-state index < -0.39 is 11.2 Å². The zero-order valence-electron chi connectivity index (χ0n) is 27.1. The molecule has 10 nitrogen and oxygen atoms in total. The molecular formula is C36H40N6O4. The van der Waals surface area contributed by atoms with Crippen molar-refractivity contribution in [3.05, 3.63) is 96.9 Å². The zero-order valence-corrected chi connectivity index (χ0v) is 27.1. The van der Waals surface area contributed by atoms with Crippen LogP contribution >= 0.6 is 0 Å². The summed E-state index contributed by atoms with van der Waals surface area (Å²) in [4.78, 5) is 44.9. The number of aromatic amines is 2. The zero-order chi connectivity index (χ0) is 32.6. The van der Waals surface area contributed by atoms with Gasteiger partial charge < -0.3 is 19.4 Å². The van der Waals surface area contributed by atoms with Crippen LogP contribution in [-0.4, -0.2) is 66.2 Å². The molecule has 0 spiro atoms. The van der Waals surface area contributed by atoms with E-state index in [2.05, 4.69) is 34.2 Å². The van der Waals surface area contributed by atoms with Crippen LogP contribution in [0.3, 0.4) is 0 Å². The Morgan fingerprint density at radius 2 is 0.978 bits per heavy atom. The summed E-state index contributed by atoms with van der Waals surface area (Å²) in [5.74, 6) is 1.38. The highest BCUT2D eigenvalue weighted by Gasteiger charge is 2.33.